The molecule has 2 aromatic carbocycles. The summed E-state index contributed by atoms with van der Waals surface area (Å²) in [6.07, 6.45) is 0. The molecule has 0 fully saturated rings. The number of nitrogens with zero attached hydrogens (tertiary/aromatic N) is 4. The molecule has 1 aromatic heterocycles. The van der Waals surface area contributed by atoms with Crippen LogP contribution in [0.3, 0.4) is 0 Å². The lowest BCUT2D eigenvalue weighted by molar-refractivity contribution is 0.0457. The molecule has 3 aromatic rings. The largest absolute Gasteiger partial charge is 0.488 e. The predicted octanol–water partition coefficient (Wildman–Crippen LogP) is 3.11. The first kappa shape index (κ1) is 20.3. The second-order valence-electron chi connectivity index (χ2n) is 6.26. The zero-order valence-electron chi connectivity index (χ0n) is 16.0. The van der Waals surface area contributed by atoms with Crippen molar-refractivity contribution in [1.82, 2.24) is 15.0 Å². The Kier molecular flexibility index (Phi) is 6.46. The maximum absolute atomic E-state index is 12.6. The number of hydrogen-bond donors (Lipinski definition) is 1. The van der Waals surface area contributed by atoms with Gasteiger partial charge in [0.1, 0.15) is 17.9 Å². The van der Waals surface area contributed by atoms with E-state index in [2.05, 4.69) is 15.0 Å². The van der Waals surface area contributed by atoms with Crippen LogP contribution in [0.5, 0.6) is 5.75 Å². The molecule has 0 spiro atoms. The van der Waals surface area contributed by atoms with Gasteiger partial charge in [-0.3, -0.25) is 0 Å². The third-order valence-electron chi connectivity index (χ3n) is 3.87. The minimum absolute atomic E-state index is 0.0539. The first-order valence-corrected chi connectivity index (χ1v) is 9.12. The van der Waals surface area contributed by atoms with E-state index in [4.69, 9.17) is 26.8 Å². The summed E-state index contributed by atoms with van der Waals surface area (Å²) in [6, 6.07) is 14.2. The zero-order valence-corrected chi connectivity index (χ0v) is 16.8. The van der Waals surface area contributed by atoms with Crippen molar-refractivity contribution in [2.24, 2.45) is 0 Å². The van der Waals surface area contributed by atoms with E-state index in [-0.39, 0.29) is 30.5 Å². The fourth-order valence-electron chi connectivity index (χ4n) is 2.43. The molecule has 2 N–H and O–H groups in total. The van der Waals surface area contributed by atoms with E-state index in [1.165, 1.54) is 0 Å². The number of aromatic nitrogens is 3. The van der Waals surface area contributed by atoms with Crippen LogP contribution >= 0.6 is 11.6 Å². The Hall–Kier alpha value is -3.39. The van der Waals surface area contributed by atoms with Gasteiger partial charge >= 0.3 is 5.97 Å². The van der Waals surface area contributed by atoms with Gasteiger partial charge in [0, 0.05) is 24.7 Å². The summed E-state index contributed by atoms with van der Waals surface area (Å²) in [5.74, 6) is 0.515. The summed E-state index contributed by atoms with van der Waals surface area (Å²) in [7, 11) is 3.55. The maximum atomic E-state index is 12.6. The van der Waals surface area contributed by atoms with Gasteiger partial charge in [0.2, 0.25) is 11.9 Å². The van der Waals surface area contributed by atoms with Gasteiger partial charge in [-0.1, -0.05) is 41.9 Å². The standard InChI is InChI=1S/C20H20ClN5O3/c1-26(2)20-24-17(23-19(22)25-20)12-29-18(27)14-8-4-6-10-16(14)28-11-13-7-3-5-9-15(13)21/h3-10H,11-12H2,1-2H3,(H2,22,23,24,25). The third-order valence-corrected chi connectivity index (χ3v) is 4.24. The first-order chi connectivity index (χ1) is 13.9. The van der Waals surface area contributed by atoms with Gasteiger partial charge in [-0.25, -0.2) is 4.79 Å². The second kappa shape index (κ2) is 9.20. The van der Waals surface area contributed by atoms with Crippen molar-refractivity contribution in [1.29, 1.82) is 0 Å². The van der Waals surface area contributed by atoms with Crippen molar-refractivity contribution < 1.29 is 14.3 Å². The zero-order chi connectivity index (χ0) is 20.8. The lowest BCUT2D eigenvalue weighted by Crippen LogP contribution is -2.17. The topological polar surface area (TPSA) is 103 Å². The Morgan fingerprint density at radius 1 is 1.03 bits per heavy atom. The molecule has 9 heteroatoms. The average molecular weight is 414 g/mol. The highest BCUT2D eigenvalue weighted by Gasteiger charge is 2.16. The number of esters is 1. The number of rotatable bonds is 7. The molecule has 0 aliphatic rings. The Morgan fingerprint density at radius 3 is 2.52 bits per heavy atom. The fraction of sp³-hybridized carbons (Fsp3) is 0.200. The molecule has 0 radical (unpaired) electrons. The van der Waals surface area contributed by atoms with Crippen LogP contribution in [-0.4, -0.2) is 35.0 Å². The number of carbonyl (C=O) groups is 1. The number of benzene rings is 2. The molecule has 0 saturated heterocycles. The molecular weight excluding hydrogens is 394 g/mol. The van der Waals surface area contributed by atoms with E-state index in [1.807, 2.05) is 18.2 Å². The molecule has 1 heterocycles. The molecule has 0 bridgehead atoms. The Bertz CT molecular complexity index is 1010. The number of nitrogen functional groups attached to an aromatic ring is 1. The van der Waals surface area contributed by atoms with E-state index in [0.717, 1.165) is 5.56 Å². The predicted molar refractivity (Wildman–Crippen MR) is 110 cm³/mol. The van der Waals surface area contributed by atoms with Crippen LogP contribution in [0.15, 0.2) is 48.5 Å². The molecule has 0 aliphatic carbocycles. The normalized spacial score (nSPS) is 10.4. The monoisotopic (exact) mass is 413 g/mol. The van der Waals surface area contributed by atoms with Crippen molar-refractivity contribution in [2.75, 3.05) is 24.7 Å². The van der Waals surface area contributed by atoms with E-state index >= 15 is 0 Å². The summed E-state index contributed by atoms with van der Waals surface area (Å²) >= 11 is 6.15. The average Bonchev–Trinajstić information content (AvgIpc) is 2.71. The number of ether oxygens (including phenoxy) is 2. The summed E-state index contributed by atoms with van der Waals surface area (Å²) in [4.78, 5) is 26.5. The van der Waals surface area contributed by atoms with Crippen LogP contribution in [0, 0.1) is 0 Å². The fourth-order valence-corrected chi connectivity index (χ4v) is 2.62. The maximum Gasteiger partial charge on any atom is 0.342 e. The van der Waals surface area contributed by atoms with E-state index in [0.29, 0.717) is 16.7 Å². The van der Waals surface area contributed by atoms with Gasteiger partial charge in [0.05, 0.1) is 0 Å². The van der Waals surface area contributed by atoms with Crippen molar-refractivity contribution in [3.63, 3.8) is 0 Å². The molecule has 0 unspecified atom stereocenters. The number of anilines is 2. The van der Waals surface area contributed by atoms with Crippen LogP contribution in [0.2, 0.25) is 5.02 Å². The minimum atomic E-state index is -0.565. The molecule has 0 atom stereocenters. The van der Waals surface area contributed by atoms with Gasteiger partial charge in [0.25, 0.3) is 0 Å². The number of nitrogens with two attached hydrogens (primary N) is 1. The Morgan fingerprint density at radius 2 is 1.76 bits per heavy atom. The van der Waals surface area contributed by atoms with Crippen molar-refractivity contribution in [2.45, 2.75) is 13.2 Å². The van der Waals surface area contributed by atoms with Crippen LogP contribution in [-0.2, 0) is 18.0 Å². The molecule has 150 valence electrons. The SMILES string of the molecule is CN(C)c1nc(N)nc(COC(=O)c2ccccc2OCc2ccccc2Cl)n1. The molecule has 0 amide bonds. The second-order valence-corrected chi connectivity index (χ2v) is 6.66. The van der Waals surface area contributed by atoms with Gasteiger partial charge < -0.3 is 20.1 Å². The third kappa shape index (κ3) is 5.32. The molecular formula is C20H20ClN5O3. The van der Waals surface area contributed by atoms with Crippen molar-refractivity contribution in [3.8, 4) is 5.75 Å². The van der Waals surface area contributed by atoms with E-state index in [9.17, 15) is 4.79 Å². The van der Waals surface area contributed by atoms with E-state index in [1.54, 1.807) is 49.3 Å². The summed E-state index contributed by atoms with van der Waals surface area (Å²) in [5, 5.41) is 0.594. The van der Waals surface area contributed by atoms with Gasteiger partial charge in [-0.05, 0) is 18.2 Å². The summed E-state index contributed by atoms with van der Waals surface area (Å²) < 4.78 is 11.1. The highest BCUT2D eigenvalue weighted by molar-refractivity contribution is 6.31. The highest BCUT2D eigenvalue weighted by atomic mass is 35.5. The van der Waals surface area contributed by atoms with Crippen LogP contribution in [0.1, 0.15) is 21.7 Å². The molecule has 8 nitrogen and oxygen atoms in total. The number of para-hydroxylation sites is 1. The van der Waals surface area contributed by atoms with Gasteiger partial charge in [-0.2, -0.15) is 15.0 Å². The van der Waals surface area contributed by atoms with Crippen LogP contribution < -0.4 is 15.4 Å². The lowest BCUT2D eigenvalue weighted by Gasteiger charge is -2.13. The van der Waals surface area contributed by atoms with Crippen LogP contribution in [0.4, 0.5) is 11.9 Å². The number of carbonyl (C=O) groups excluding carboxylic acids is 1. The van der Waals surface area contributed by atoms with Crippen molar-refractivity contribution in [3.05, 3.63) is 70.5 Å². The highest BCUT2D eigenvalue weighted by Crippen LogP contribution is 2.23. The van der Waals surface area contributed by atoms with Gasteiger partial charge in [0.15, 0.2) is 12.4 Å². The van der Waals surface area contributed by atoms with Crippen molar-refractivity contribution >= 4 is 29.5 Å². The first-order valence-electron chi connectivity index (χ1n) is 8.74. The number of halogens is 1. The van der Waals surface area contributed by atoms with Gasteiger partial charge in [-0.15, -0.1) is 0 Å². The lowest BCUT2D eigenvalue weighted by atomic mass is 10.2. The number of hydrogen-bond acceptors (Lipinski definition) is 8. The van der Waals surface area contributed by atoms with E-state index < -0.39 is 5.97 Å². The minimum Gasteiger partial charge on any atom is -0.488 e. The smallest absolute Gasteiger partial charge is 0.342 e. The van der Waals surface area contributed by atoms with Crippen LogP contribution in [0.25, 0.3) is 0 Å². The molecule has 3 rings (SSSR count). The Labute approximate surface area is 173 Å². The Balaban J connectivity index is 1.69. The quantitative estimate of drug-likeness (QED) is 0.589. The molecule has 29 heavy (non-hydrogen) atoms. The summed E-state index contributed by atoms with van der Waals surface area (Å²) in [5.41, 5.74) is 6.79. The molecule has 0 aliphatic heterocycles. The molecule has 0 saturated carbocycles. The summed E-state index contributed by atoms with van der Waals surface area (Å²) in [6.45, 7) is 0.0748.